The zero-order chi connectivity index (χ0) is 20.9. The number of aromatic nitrogens is 3. The van der Waals surface area contributed by atoms with Crippen molar-refractivity contribution >= 4 is 17.0 Å². The first-order chi connectivity index (χ1) is 14.6. The number of aryl methyl sites for hydroxylation is 1. The van der Waals surface area contributed by atoms with Crippen molar-refractivity contribution in [2.75, 3.05) is 51.6 Å². The van der Waals surface area contributed by atoms with Gasteiger partial charge in [0.15, 0.2) is 5.75 Å². The summed E-state index contributed by atoms with van der Waals surface area (Å²) in [6, 6.07) is 11.0. The normalized spacial score (nSPS) is 15.4. The quantitative estimate of drug-likeness (QED) is 0.601. The van der Waals surface area contributed by atoms with Gasteiger partial charge in [-0.15, -0.1) is 0 Å². The molecule has 30 heavy (non-hydrogen) atoms. The van der Waals surface area contributed by atoms with Crippen LogP contribution in [0.3, 0.4) is 0 Å². The molecule has 1 aliphatic heterocycles. The van der Waals surface area contributed by atoms with Crippen molar-refractivity contribution in [2.45, 2.75) is 6.42 Å². The van der Waals surface area contributed by atoms with Crippen LogP contribution < -0.4 is 15.6 Å². The largest absolute Gasteiger partial charge is 0.452 e. The fraction of sp³-hybridized carbons (Fsp3) is 0.409. The van der Waals surface area contributed by atoms with Crippen molar-refractivity contribution in [3.05, 3.63) is 52.9 Å². The van der Waals surface area contributed by atoms with Gasteiger partial charge in [-0.1, -0.05) is 18.2 Å². The highest BCUT2D eigenvalue weighted by Crippen LogP contribution is 2.21. The average Bonchev–Trinajstić information content (AvgIpc) is 2.77. The van der Waals surface area contributed by atoms with Crippen LogP contribution in [0, 0.1) is 0 Å². The van der Waals surface area contributed by atoms with Gasteiger partial charge in [0.25, 0.3) is 5.56 Å². The number of benzene rings is 1. The van der Waals surface area contributed by atoms with Crippen molar-refractivity contribution in [3.63, 3.8) is 0 Å². The Morgan fingerprint density at radius 3 is 2.63 bits per heavy atom. The molecule has 2 aromatic heterocycles. The van der Waals surface area contributed by atoms with Gasteiger partial charge in [0.1, 0.15) is 11.4 Å². The third-order valence-electron chi connectivity index (χ3n) is 5.42. The van der Waals surface area contributed by atoms with Gasteiger partial charge in [-0.25, -0.2) is 4.98 Å². The van der Waals surface area contributed by atoms with E-state index in [2.05, 4.69) is 32.1 Å². The number of hydrogen-bond acceptors (Lipinski definition) is 7. The molecule has 4 rings (SSSR count). The SMILES string of the molecule is CN1CCN(CCCNc2ncc3cc(Oc4ccccc4)c(=O)n(C)c3n2)CC1. The van der Waals surface area contributed by atoms with E-state index in [0.29, 0.717) is 17.3 Å². The highest BCUT2D eigenvalue weighted by atomic mass is 16.5. The molecule has 1 aliphatic rings. The van der Waals surface area contributed by atoms with Gasteiger partial charge in [-0.05, 0) is 38.2 Å². The first kappa shape index (κ1) is 20.3. The van der Waals surface area contributed by atoms with Gasteiger partial charge in [0, 0.05) is 51.4 Å². The Kier molecular flexibility index (Phi) is 6.25. The standard InChI is InChI=1S/C22H28N6O2/c1-26-11-13-28(14-12-26)10-6-9-23-22-24-16-17-15-19(21(29)27(2)20(17)25-22)30-18-7-4-3-5-8-18/h3-5,7-8,15-16H,6,9-14H2,1-2H3,(H,23,24,25). The summed E-state index contributed by atoms with van der Waals surface area (Å²) in [7, 11) is 3.87. The molecule has 0 aliphatic carbocycles. The maximum atomic E-state index is 12.7. The maximum Gasteiger partial charge on any atom is 0.294 e. The van der Waals surface area contributed by atoms with E-state index in [1.165, 1.54) is 4.57 Å². The Morgan fingerprint density at radius 2 is 1.87 bits per heavy atom. The third-order valence-corrected chi connectivity index (χ3v) is 5.42. The predicted octanol–water partition coefficient (Wildman–Crippen LogP) is 2.17. The lowest BCUT2D eigenvalue weighted by atomic mass is 10.3. The molecule has 0 saturated carbocycles. The van der Waals surface area contributed by atoms with E-state index in [1.54, 1.807) is 19.3 Å². The number of hydrogen-bond donors (Lipinski definition) is 1. The Morgan fingerprint density at radius 1 is 1.10 bits per heavy atom. The summed E-state index contributed by atoms with van der Waals surface area (Å²) in [5.41, 5.74) is 0.350. The van der Waals surface area contributed by atoms with Crippen molar-refractivity contribution in [2.24, 2.45) is 7.05 Å². The fourth-order valence-corrected chi connectivity index (χ4v) is 3.57. The molecule has 0 spiro atoms. The second kappa shape index (κ2) is 9.23. The van der Waals surface area contributed by atoms with Crippen LogP contribution >= 0.6 is 0 Å². The third kappa shape index (κ3) is 4.77. The fourth-order valence-electron chi connectivity index (χ4n) is 3.57. The number of pyridine rings is 1. The molecular formula is C22H28N6O2. The zero-order valence-corrected chi connectivity index (χ0v) is 17.5. The number of rotatable bonds is 7. The monoisotopic (exact) mass is 408 g/mol. The molecule has 3 heterocycles. The molecule has 3 aromatic rings. The minimum atomic E-state index is -0.230. The summed E-state index contributed by atoms with van der Waals surface area (Å²) in [4.78, 5) is 26.5. The van der Waals surface area contributed by atoms with E-state index in [9.17, 15) is 4.79 Å². The first-order valence-electron chi connectivity index (χ1n) is 10.3. The van der Waals surface area contributed by atoms with Crippen LogP contribution in [0.4, 0.5) is 5.95 Å². The lowest BCUT2D eigenvalue weighted by Gasteiger charge is -2.32. The van der Waals surface area contributed by atoms with E-state index in [0.717, 1.165) is 51.1 Å². The Labute approximate surface area is 176 Å². The molecule has 1 saturated heterocycles. The Bertz CT molecular complexity index is 1040. The number of anilines is 1. The van der Waals surface area contributed by atoms with Crippen LogP contribution in [0.25, 0.3) is 11.0 Å². The first-order valence-corrected chi connectivity index (χ1v) is 10.3. The number of nitrogens with zero attached hydrogens (tertiary/aromatic N) is 5. The number of ether oxygens (including phenoxy) is 1. The highest BCUT2D eigenvalue weighted by Gasteiger charge is 2.13. The smallest absolute Gasteiger partial charge is 0.294 e. The molecule has 0 bridgehead atoms. The van der Waals surface area contributed by atoms with Crippen molar-refractivity contribution < 1.29 is 4.74 Å². The van der Waals surface area contributed by atoms with Gasteiger partial charge in [-0.3, -0.25) is 9.36 Å². The van der Waals surface area contributed by atoms with E-state index < -0.39 is 0 Å². The summed E-state index contributed by atoms with van der Waals surface area (Å²) in [5.74, 6) is 1.41. The molecule has 0 atom stereocenters. The summed E-state index contributed by atoms with van der Waals surface area (Å²) in [6.45, 7) is 6.36. The Hall–Kier alpha value is -2.97. The summed E-state index contributed by atoms with van der Waals surface area (Å²) >= 11 is 0. The average molecular weight is 409 g/mol. The van der Waals surface area contributed by atoms with Crippen molar-refractivity contribution in [1.82, 2.24) is 24.3 Å². The molecule has 8 heteroatoms. The number of para-hydroxylation sites is 1. The summed E-state index contributed by atoms with van der Waals surface area (Å²) < 4.78 is 7.26. The van der Waals surface area contributed by atoms with Crippen LogP contribution in [0.2, 0.25) is 0 Å². The molecule has 1 aromatic carbocycles. The Balaban J connectivity index is 1.40. The van der Waals surface area contributed by atoms with Crippen LogP contribution in [-0.4, -0.2) is 70.7 Å². The molecular weight excluding hydrogens is 380 g/mol. The maximum absolute atomic E-state index is 12.7. The number of nitrogens with one attached hydrogen (secondary N) is 1. The van der Waals surface area contributed by atoms with Crippen LogP contribution in [0.15, 0.2) is 47.4 Å². The van der Waals surface area contributed by atoms with Gasteiger partial charge in [-0.2, -0.15) is 4.98 Å². The molecule has 0 radical (unpaired) electrons. The number of fused-ring (bicyclic) bond motifs is 1. The second-order valence-electron chi connectivity index (χ2n) is 7.69. The summed E-state index contributed by atoms with van der Waals surface area (Å²) in [5, 5.41) is 4.04. The van der Waals surface area contributed by atoms with E-state index in [1.807, 2.05) is 30.3 Å². The summed E-state index contributed by atoms with van der Waals surface area (Å²) in [6.07, 6.45) is 2.75. The second-order valence-corrected chi connectivity index (χ2v) is 7.69. The van der Waals surface area contributed by atoms with Crippen LogP contribution in [0.5, 0.6) is 11.5 Å². The minimum Gasteiger partial charge on any atom is -0.452 e. The van der Waals surface area contributed by atoms with Gasteiger partial charge < -0.3 is 19.9 Å². The highest BCUT2D eigenvalue weighted by molar-refractivity contribution is 5.76. The van der Waals surface area contributed by atoms with Gasteiger partial charge in [0.05, 0.1) is 0 Å². The van der Waals surface area contributed by atoms with Crippen molar-refractivity contribution in [3.8, 4) is 11.5 Å². The topological polar surface area (TPSA) is 75.5 Å². The molecule has 1 N–H and O–H groups in total. The van der Waals surface area contributed by atoms with Crippen LogP contribution in [0.1, 0.15) is 6.42 Å². The predicted molar refractivity (Wildman–Crippen MR) is 118 cm³/mol. The van der Waals surface area contributed by atoms with Crippen LogP contribution in [-0.2, 0) is 7.05 Å². The van der Waals surface area contributed by atoms with E-state index >= 15 is 0 Å². The molecule has 0 unspecified atom stereocenters. The van der Waals surface area contributed by atoms with E-state index in [4.69, 9.17) is 4.74 Å². The molecule has 8 nitrogen and oxygen atoms in total. The molecule has 158 valence electrons. The minimum absolute atomic E-state index is 0.230. The zero-order valence-electron chi connectivity index (χ0n) is 17.5. The number of piperazine rings is 1. The van der Waals surface area contributed by atoms with Gasteiger partial charge >= 0.3 is 0 Å². The lowest BCUT2D eigenvalue weighted by molar-refractivity contribution is 0.154. The molecule has 1 fully saturated rings. The van der Waals surface area contributed by atoms with Gasteiger partial charge in [0.2, 0.25) is 5.95 Å². The van der Waals surface area contributed by atoms with Crippen molar-refractivity contribution in [1.29, 1.82) is 0 Å². The number of likely N-dealkylation sites (N-methyl/N-ethyl adjacent to an activating group) is 1. The van der Waals surface area contributed by atoms with E-state index in [-0.39, 0.29) is 11.3 Å². The lowest BCUT2D eigenvalue weighted by Crippen LogP contribution is -2.44. The molecule has 0 amide bonds.